The molecule has 0 radical (unpaired) electrons. The first-order valence-electron chi connectivity index (χ1n) is 11.3. The predicted molar refractivity (Wildman–Crippen MR) is 146 cm³/mol. The molecule has 1 aliphatic heterocycles. The first kappa shape index (κ1) is 27.9. The van der Waals surface area contributed by atoms with E-state index >= 15 is 0 Å². The van der Waals surface area contributed by atoms with E-state index in [4.69, 9.17) is 14.6 Å². The van der Waals surface area contributed by atoms with Crippen molar-refractivity contribution in [3.63, 3.8) is 0 Å². The fraction of sp³-hybridized carbons (Fsp3) is 0.111. The average Bonchev–Trinajstić information content (AvgIpc) is 3.16. The number of hydrogen-bond acceptors (Lipinski definition) is 7. The number of thioether (sulfide) groups is 1. The predicted octanol–water partition coefficient (Wildman–Crippen LogP) is 5.55. The van der Waals surface area contributed by atoms with Crippen molar-refractivity contribution in [2.45, 2.75) is 6.61 Å². The van der Waals surface area contributed by atoms with Crippen molar-refractivity contribution in [3.05, 3.63) is 92.5 Å². The lowest BCUT2D eigenvalue weighted by molar-refractivity contribution is -0.127. The number of carboxylic acid groups (broad SMARTS) is 1. The van der Waals surface area contributed by atoms with Gasteiger partial charge in [0, 0.05) is 5.69 Å². The molecule has 4 rings (SSSR count). The van der Waals surface area contributed by atoms with E-state index in [9.17, 15) is 23.6 Å². The molecule has 12 heteroatoms. The summed E-state index contributed by atoms with van der Waals surface area (Å²) in [6.45, 7) is -0.348. The normalized spacial score (nSPS) is 14.0. The number of methoxy groups -OCH3 is 1. The van der Waals surface area contributed by atoms with Crippen LogP contribution in [0.15, 0.2) is 70.0 Å². The smallest absolute Gasteiger partial charge is 0.335 e. The lowest BCUT2D eigenvalue weighted by Crippen LogP contribution is -2.36. The summed E-state index contributed by atoms with van der Waals surface area (Å²) in [5.74, 6) is -1.96. The number of nitrogens with zero attached hydrogens (tertiary/aromatic N) is 1. The largest absolute Gasteiger partial charge is 0.493 e. The third kappa shape index (κ3) is 6.84. The Morgan fingerprint density at radius 3 is 2.44 bits per heavy atom. The van der Waals surface area contributed by atoms with Gasteiger partial charge in [-0.25, -0.2) is 9.18 Å². The van der Waals surface area contributed by atoms with Crippen molar-refractivity contribution in [2.75, 3.05) is 19.0 Å². The summed E-state index contributed by atoms with van der Waals surface area (Å²) >= 11 is 4.14. The van der Waals surface area contributed by atoms with Gasteiger partial charge in [0.05, 0.1) is 22.1 Å². The van der Waals surface area contributed by atoms with E-state index in [2.05, 4.69) is 21.2 Å². The molecule has 3 aromatic carbocycles. The summed E-state index contributed by atoms with van der Waals surface area (Å²) in [6.07, 6.45) is 1.50. The van der Waals surface area contributed by atoms with E-state index < -0.39 is 35.4 Å². The first-order chi connectivity index (χ1) is 18.6. The maximum atomic E-state index is 13.1. The number of halogens is 2. The molecular weight excluding hydrogens is 595 g/mol. The molecule has 1 fully saturated rings. The van der Waals surface area contributed by atoms with E-state index in [1.807, 2.05) is 0 Å². The summed E-state index contributed by atoms with van der Waals surface area (Å²) in [7, 11) is 1.45. The Morgan fingerprint density at radius 2 is 1.79 bits per heavy atom. The number of anilines is 1. The van der Waals surface area contributed by atoms with Crippen molar-refractivity contribution in [3.8, 4) is 11.5 Å². The van der Waals surface area contributed by atoms with Gasteiger partial charge in [0.25, 0.3) is 11.1 Å². The summed E-state index contributed by atoms with van der Waals surface area (Å²) < 4.78 is 24.9. The molecule has 0 saturated carbocycles. The van der Waals surface area contributed by atoms with Crippen molar-refractivity contribution < 1.29 is 38.1 Å². The minimum Gasteiger partial charge on any atom is -0.493 e. The Labute approximate surface area is 234 Å². The molecule has 39 heavy (non-hydrogen) atoms. The van der Waals surface area contributed by atoms with E-state index in [1.165, 1.54) is 49.6 Å². The molecule has 0 aliphatic carbocycles. The van der Waals surface area contributed by atoms with Crippen LogP contribution in [0.3, 0.4) is 0 Å². The standard InChI is InChI=1S/C27H20BrFN2O7S/c1-37-21-11-16(10-20(28)24(21)38-14-15-2-4-17(5-3-15)26(34)35)12-22-25(33)31(27(36)39-22)13-23(32)30-19-8-6-18(29)7-9-19/h2-12H,13-14H2,1H3,(H,30,32)(H,34,35)/b22-12-. The third-order valence-electron chi connectivity index (χ3n) is 5.44. The van der Waals surface area contributed by atoms with Crippen LogP contribution in [-0.4, -0.2) is 46.7 Å². The van der Waals surface area contributed by atoms with E-state index in [-0.39, 0.29) is 17.1 Å². The number of carboxylic acids is 1. The molecule has 9 nitrogen and oxygen atoms in total. The Balaban J connectivity index is 1.45. The second-order valence-electron chi connectivity index (χ2n) is 8.15. The Kier molecular flexibility index (Phi) is 8.67. The molecule has 3 amide bonds. The van der Waals surface area contributed by atoms with Crippen molar-refractivity contribution in [1.82, 2.24) is 4.90 Å². The number of benzene rings is 3. The first-order valence-corrected chi connectivity index (χ1v) is 12.9. The molecule has 0 bridgehead atoms. The fourth-order valence-corrected chi connectivity index (χ4v) is 4.94. The Hall–Kier alpha value is -4.16. The maximum absolute atomic E-state index is 13.1. The number of nitrogens with one attached hydrogen (secondary N) is 1. The Morgan fingerprint density at radius 1 is 1.10 bits per heavy atom. The van der Waals surface area contributed by atoms with Gasteiger partial charge in [0.1, 0.15) is 19.0 Å². The molecular formula is C27H20BrFN2O7S. The number of aromatic carboxylic acids is 1. The van der Waals surface area contributed by atoms with Crippen LogP contribution in [0, 0.1) is 5.82 Å². The van der Waals surface area contributed by atoms with Gasteiger partial charge in [-0.2, -0.15) is 0 Å². The van der Waals surface area contributed by atoms with Crippen LogP contribution in [-0.2, 0) is 16.2 Å². The molecule has 1 aliphatic rings. The second kappa shape index (κ2) is 12.1. The SMILES string of the molecule is COc1cc(/C=C2\SC(=O)N(CC(=O)Nc3ccc(F)cc3)C2=O)cc(Br)c1OCc1ccc(C(=O)O)cc1. The fourth-order valence-electron chi connectivity index (χ4n) is 3.53. The van der Waals surface area contributed by atoms with Crippen LogP contribution in [0.5, 0.6) is 11.5 Å². The van der Waals surface area contributed by atoms with Gasteiger partial charge in [-0.1, -0.05) is 12.1 Å². The molecule has 0 aromatic heterocycles. The second-order valence-corrected chi connectivity index (χ2v) is 10.00. The molecule has 0 unspecified atom stereocenters. The number of carbonyl (C=O) groups is 4. The third-order valence-corrected chi connectivity index (χ3v) is 6.93. The van der Waals surface area contributed by atoms with Crippen molar-refractivity contribution >= 4 is 62.5 Å². The quantitative estimate of drug-likeness (QED) is 0.301. The van der Waals surface area contributed by atoms with Gasteiger partial charge in [-0.15, -0.1) is 0 Å². The van der Waals surface area contributed by atoms with Crippen LogP contribution >= 0.6 is 27.7 Å². The van der Waals surface area contributed by atoms with Crippen LogP contribution in [0.1, 0.15) is 21.5 Å². The van der Waals surface area contributed by atoms with E-state index in [1.54, 1.807) is 24.3 Å². The highest BCUT2D eigenvalue weighted by atomic mass is 79.9. The number of amides is 3. The minimum absolute atomic E-state index is 0.121. The summed E-state index contributed by atoms with van der Waals surface area (Å²) in [6, 6.07) is 14.7. The number of ether oxygens (including phenoxy) is 2. The number of rotatable bonds is 9. The maximum Gasteiger partial charge on any atom is 0.335 e. The lowest BCUT2D eigenvalue weighted by atomic mass is 10.1. The van der Waals surface area contributed by atoms with Gasteiger partial charge in [0.2, 0.25) is 5.91 Å². The van der Waals surface area contributed by atoms with Crippen LogP contribution < -0.4 is 14.8 Å². The summed E-state index contributed by atoms with van der Waals surface area (Å²) in [5, 5.41) is 11.0. The lowest BCUT2D eigenvalue weighted by Gasteiger charge is -2.14. The van der Waals surface area contributed by atoms with Gasteiger partial charge in [-0.3, -0.25) is 19.3 Å². The summed E-state index contributed by atoms with van der Waals surface area (Å²) in [4.78, 5) is 49.6. The van der Waals surface area contributed by atoms with Gasteiger partial charge < -0.3 is 19.9 Å². The van der Waals surface area contributed by atoms with Crippen LogP contribution in [0.2, 0.25) is 0 Å². The van der Waals surface area contributed by atoms with Crippen molar-refractivity contribution in [1.29, 1.82) is 0 Å². The minimum atomic E-state index is -1.02. The van der Waals surface area contributed by atoms with Crippen molar-refractivity contribution in [2.24, 2.45) is 0 Å². The molecule has 1 heterocycles. The zero-order valence-corrected chi connectivity index (χ0v) is 22.7. The number of hydrogen-bond donors (Lipinski definition) is 2. The van der Waals surface area contributed by atoms with Gasteiger partial charge in [0.15, 0.2) is 11.5 Å². The highest BCUT2D eigenvalue weighted by Gasteiger charge is 2.36. The molecule has 3 aromatic rings. The van der Waals surface area contributed by atoms with Crippen LogP contribution in [0.25, 0.3) is 6.08 Å². The molecule has 2 N–H and O–H groups in total. The zero-order valence-electron chi connectivity index (χ0n) is 20.3. The van der Waals surface area contributed by atoms with Gasteiger partial charge >= 0.3 is 5.97 Å². The monoisotopic (exact) mass is 614 g/mol. The highest BCUT2D eigenvalue weighted by Crippen LogP contribution is 2.39. The highest BCUT2D eigenvalue weighted by molar-refractivity contribution is 9.10. The number of imide groups is 1. The average molecular weight is 615 g/mol. The van der Waals surface area contributed by atoms with Gasteiger partial charge in [-0.05, 0) is 93.4 Å². The van der Waals surface area contributed by atoms with E-state index in [0.717, 1.165) is 10.5 Å². The Bertz CT molecular complexity index is 1480. The molecule has 200 valence electrons. The zero-order chi connectivity index (χ0) is 28.1. The summed E-state index contributed by atoms with van der Waals surface area (Å²) in [5.41, 5.74) is 1.79. The topological polar surface area (TPSA) is 122 Å². The van der Waals surface area contributed by atoms with E-state index in [0.29, 0.717) is 39.0 Å². The molecule has 0 spiro atoms. The van der Waals surface area contributed by atoms with Crippen LogP contribution in [0.4, 0.5) is 14.9 Å². The molecule has 1 saturated heterocycles. The number of carbonyl (C=O) groups excluding carboxylic acids is 3. The molecule has 0 atom stereocenters.